The van der Waals surface area contributed by atoms with Crippen molar-refractivity contribution in [1.29, 1.82) is 0 Å². The van der Waals surface area contributed by atoms with Crippen LogP contribution >= 0.6 is 11.3 Å². The lowest BCUT2D eigenvalue weighted by atomic mass is 10.1. The highest BCUT2D eigenvalue weighted by atomic mass is 32.1. The number of likely N-dealkylation sites (tertiary alicyclic amines) is 1. The number of rotatable bonds is 4. The molecule has 6 nitrogen and oxygen atoms in total. The van der Waals surface area contributed by atoms with Crippen molar-refractivity contribution in [2.45, 2.75) is 39.2 Å². The molecule has 1 aliphatic rings. The molecule has 1 saturated heterocycles. The smallest absolute Gasteiger partial charge is 0.348 e. The predicted octanol–water partition coefficient (Wildman–Crippen LogP) is 2.32. The Balaban J connectivity index is 2.00. The van der Waals surface area contributed by atoms with E-state index < -0.39 is 5.97 Å². The first-order valence-corrected chi connectivity index (χ1v) is 8.81. The standard InChI is InChI=1S/C16H21N3O3S/c1-3-10-12-14(20)17-11(9-19-7-5-4-6-8-19)18-15(12)23-13(10)16(21)22-2/h3-9H2,1-2H3,(H,17,18,20). The average molecular weight is 335 g/mol. The quantitative estimate of drug-likeness (QED) is 0.868. The number of thiophene rings is 1. The average Bonchev–Trinajstić information content (AvgIpc) is 2.94. The van der Waals surface area contributed by atoms with E-state index in [-0.39, 0.29) is 5.56 Å². The van der Waals surface area contributed by atoms with Gasteiger partial charge in [0, 0.05) is 0 Å². The molecule has 124 valence electrons. The zero-order chi connectivity index (χ0) is 16.4. The maximum absolute atomic E-state index is 12.5. The van der Waals surface area contributed by atoms with Crippen LogP contribution in [-0.2, 0) is 17.7 Å². The van der Waals surface area contributed by atoms with Crippen molar-refractivity contribution < 1.29 is 9.53 Å². The van der Waals surface area contributed by atoms with E-state index >= 15 is 0 Å². The van der Waals surface area contributed by atoms with Crippen molar-refractivity contribution in [3.63, 3.8) is 0 Å². The molecule has 3 heterocycles. The topological polar surface area (TPSA) is 75.3 Å². The van der Waals surface area contributed by atoms with Gasteiger partial charge < -0.3 is 9.72 Å². The molecule has 0 saturated carbocycles. The van der Waals surface area contributed by atoms with Crippen LogP contribution < -0.4 is 5.56 Å². The Bertz CT molecular complexity index is 775. The number of hydrogen-bond donors (Lipinski definition) is 1. The number of hydrogen-bond acceptors (Lipinski definition) is 6. The number of piperidine rings is 1. The van der Waals surface area contributed by atoms with Crippen molar-refractivity contribution in [3.8, 4) is 0 Å². The molecule has 23 heavy (non-hydrogen) atoms. The lowest BCUT2D eigenvalue weighted by Crippen LogP contribution is -2.30. The Morgan fingerprint density at radius 3 is 2.74 bits per heavy atom. The van der Waals surface area contributed by atoms with Crippen molar-refractivity contribution in [1.82, 2.24) is 14.9 Å². The van der Waals surface area contributed by atoms with Gasteiger partial charge in [-0.3, -0.25) is 9.69 Å². The molecule has 1 fully saturated rings. The summed E-state index contributed by atoms with van der Waals surface area (Å²) in [4.78, 5) is 35.3. The molecule has 0 bridgehead atoms. The molecule has 0 spiro atoms. The molecule has 0 radical (unpaired) electrons. The van der Waals surface area contributed by atoms with Crippen molar-refractivity contribution in [2.75, 3.05) is 20.2 Å². The maximum Gasteiger partial charge on any atom is 0.348 e. The summed E-state index contributed by atoms with van der Waals surface area (Å²) in [6.07, 6.45) is 4.25. The molecule has 0 aliphatic carbocycles. The van der Waals surface area contributed by atoms with Gasteiger partial charge in [-0.05, 0) is 37.9 Å². The predicted molar refractivity (Wildman–Crippen MR) is 90.1 cm³/mol. The SMILES string of the molecule is CCc1c(C(=O)OC)sc2nc(CN3CCCCC3)[nH]c(=O)c12. The van der Waals surface area contributed by atoms with Crippen LogP contribution in [0.15, 0.2) is 4.79 Å². The number of aromatic nitrogens is 2. The van der Waals surface area contributed by atoms with Crippen molar-refractivity contribution in [2.24, 2.45) is 0 Å². The summed E-state index contributed by atoms with van der Waals surface area (Å²) in [7, 11) is 1.35. The van der Waals surface area contributed by atoms with Gasteiger partial charge in [-0.2, -0.15) is 0 Å². The summed E-state index contributed by atoms with van der Waals surface area (Å²) in [6.45, 7) is 4.66. The molecule has 0 unspecified atom stereocenters. The molecule has 2 aromatic rings. The van der Waals surface area contributed by atoms with E-state index in [9.17, 15) is 9.59 Å². The van der Waals surface area contributed by atoms with Crippen LogP contribution in [0.4, 0.5) is 0 Å². The first kappa shape index (κ1) is 16.1. The van der Waals surface area contributed by atoms with Crippen molar-refractivity contribution >= 4 is 27.5 Å². The van der Waals surface area contributed by atoms with Gasteiger partial charge in [-0.1, -0.05) is 13.3 Å². The number of fused-ring (bicyclic) bond motifs is 1. The van der Waals surface area contributed by atoms with Gasteiger partial charge in [-0.25, -0.2) is 9.78 Å². The number of carbonyl (C=O) groups excluding carboxylic acids is 1. The molecule has 0 aromatic carbocycles. The molecule has 1 N–H and O–H groups in total. The molecule has 0 amide bonds. The van der Waals surface area contributed by atoms with Crippen LogP contribution in [-0.4, -0.2) is 41.0 Å². The van der Waals surface area contributed by atoms with Gasteiger partial charge in [-0.15, -0.1) is 11.3 Å². The van der Waals surface area contributed by atoms with Gasteiger partial charge in [0.05, 0.1) is 19.0 Å². The van der Waals surface area contributed by atoms with Gasteiger partial charge in [0.15, 0.2) is 0 Å². The maximum atomic E-state index is 12.5. The van der Waals surface area contributed by atoms with E-state index in [1.807, 2.05) is 6.92 Å². The first-order chi connectivity index (χ1) is 11.1. The summed E-state index contributed by atoms with van der Waals surface area (Å²) >= 11 is 1.25. The minimum Gasteiger partial charge on any atom is -0.465 e. The third-order valence-corrected chi connectivity index (χ3v) is 5.36. The van der Waals surface area contributed by atoms with E-state index in [1.54, 1.807) is 0 Å². The van der Waals surface area contributed by atoms with Gasteiger partial charge >= 0.3 is 5.97 Å². The monoisotopic (exact) mass is 335 g/mol. The third kappa shape index (κ3) is 3.16. The molecule has 3 rings (SSSR count). The second-order valence-corrected chi connectivity index (χ2v) is 6.78. The number of ether oxygens (including phenoxy) is 1. The number of nitrogens with one attached hydrogen (secondary N) is 1. The third-order valence-electron chi connectivity index (χ3n) is 4.26. The Kier molecular flexibility index (Phi) is 4.77. The van der Waals surface area contributed by atoms with Gasteiger partial charge in [0.1, 0.15) is 15.5 Å². The highest BCUT2D eigenvalue weighted by Gasteiger charge is 2.22. The van der Waals surface area contributed by atoms with E-state index in [1.165, 1.54) is 37.7 Å². The largest absolute Gasteiger partial charge is 0.465 e. The van der Waals surface area contributed by atoms with Crippen molar-refractivity contribution in [3.05, 3.63) is 26.6 Å². The summed E-state index contributed by atoms with van der Waals surface area (Å²) in [5, 5.41) is 0.528. The summed E-state index contributed by atoms with van der Waals surface area (Å²) in [5.41, 5.74) is 0.570. The lowest BCUT2D eigenvalue weighted by Gasteiger charge is -2.25. The second kappa shape index (κ2) is 6.80. The highest BCUT2D eigenvalue weighted by Crippen LogP contribution is 2.29. The fourth-order valence-corrected chi connectivity index (χ4v) is 4.31. The fraction of sp³-hybridized carbons (Fsp3) is 0.562. The Morgan fingerprint density at radius 1 is 1.35 bits per heavy atom. The number of aryl methyl sites for hydroxylation is 1. The number of nitrogens with zero attached hydrogens (tertiary/aromatic N) is 2. The Morgan fingerprint density at radius 2 is 2.09 bits per heavy atom. The van der Waals surface area contributed by atoms with Crippen LogP contribution in [0, 0.1) is 0 Å². The van der Waals surface area contributed by atoms with Crippen LogP contribution in [0.3, 0.4) is 0 Å². The van der Waals surface area contributed by atoms with Crippen LogP contribution in [0.25, 0.3) is 10.2 Å². The number of carbonyl (C=O) groups is 1. The summed E-state index contributed by atoms with van der Waals surface area (Å²) in [5.74, 6) is 0.270. The fourth-order valence-electron chi connectivity index (χ4n) is 3.11. The van der Waals surface area contributed by atoms with E-state index in [2.05, 4.69) is 14.9 Å². The Hall–Kier alpha value is -1.73. The van der Waals surface area contributed by atoms with E-state index in [0.717, 1.165) is 18.7 Å². The second-order valence-electron chi connectivity index (χ2n) is 5.78. The highest BCUT2D eigenvalue weighted by molar-refractivity contribution is 7.20. The molecule has 0 atom stereocenters. The number of esters is 1. The zero-order valence-corrected chi connectivity index (χ0v) is 14.3. The summed E-state index contributed by atoms with van der Waals surface area (Å²) < 4.78 is 4.82. The summed E-state index contributed by atoms with van der Waals surface area (Å²) in [6, 6.07) is 0. The number of aromatic amines is 1. The van der Waals surface area contributed by atoms with E-state index in [0.29, 0.717) is 33.9 Å². The van der Waals surface area contributed by atoms with Gasteiger partial charge in [0.2, 0.25) is 0 Å². The van der Waals surface area contributed by atoms with Crippen LogP contribution in [0.1, 0.15) is 47.2 Å². The minimum atomic E-state index is -0.401. The van der Waals surface area contributed by atoms with Gasteiger partial charge in [0.25, 0.3) is 5.56 Å². The van der Waals surface area contributed by atoms with Crippen LogP contribution in [0.5, 0.6) is 0 Å². The van der Waals surface area contributed by atoms with Crippen LogP contribution in [0.2, 0.25) is 0 Å². The van der Waals surface area contributed by atoms with E-state index in [4.69, 9.17) is 4.74 Å². The molecule has 1 aliphatic heterocycles. The normalized spacial score (nSPS) is 15.9. The molecule has 7 heteroatoms. The first-order valence-electron chi connectivity index (χ1n) is 7.99. The molecule has 2 aromatic heterocycles. The minimum absolute atomic E-state index is 0.162. The lowest BCUT2D eigenvalue weighted by molar-refractivity contribution is 0.0605. The molecular weight excluding hydrogens is 314 g/mol. The number of H-pyrrole nitrogens is 1. The zero-order valence-electron chi connectivity index (χ0n) is 13.5. The number of methoxy groups -OCH3 is 1. The Labute approximate surface area is 138 Å². The molecular formula is C16H21N3O3S.